The zero-order chi connectivity index (χ0) is 19.6. The third-order valence-electron chi connectivity index (χ3n) is 5.66. The van der Waals surface area contributed by atoms with Gasteiger partial charge in [0.1, 0.15) is 12.4 Å². The molecule has 0 radical (unpaired) electrons. The van der Waals surface area contributed by atoms with E-state index in [0.29, 0.717) is 17.9 Å². The summed E-state index contributed by atoms with van der Waals surface area (Å²) in [6.45, 7) is 0.388. The van der Waals surface area contributed by atoms with Gasteiger partial charge in [0.15, 0.2) is 0 Å². The van der Waals surface area contributed by atoms with Crippen LogP contribution in [-0.4, -0.2) is 67.8 Å². The average Bonchev–Trinajstić information content (AvgIpc) is 3.12. The topological polar surface area (TPSA) is 82.1 Å². The number of aliphatic hydroxyl groups excluding tert-OH is 1. The number of nitrogens with one attached hydrogen (secondary N) is 1. The number of rotatable bonds is 5. The first-order chi connectivity index (χ1) is 12.8. The van der Waals surface area contributed by atoms with Crippen molar-refractivity contribution in [2.45, 2.75) is 43.7 Å². The summed E-state index contributed by atoms with van der Waals surface area (Å²) >= 11 is 0. The third-order valence-corrected chi connectivity index (χ3v) is 5.66. The van der Waals surface area contributed by atoms with Crippen LogP contribution >= 0.6 is 0 Å². The molecule has 2 N–H and O–H groups in total. The summed E-state index contributed by atoms with van der Waals surface area (Å²) < 4.78 is 5.83. The van der Waals surface area contributed by atoms with Crippen molar-refractivity contribution in [2.75, 3.05) is 39.3 Å². The molecule has 0 bridgehead atoms. The van der Waals surface area contributed by atoms with E-state index in [4.69, 9.17) is 4.74 Å². The molecule has 3 rings (SSSR count). The lowest BCUT2D eigenvalue weighted by molar-refractivity contribution is -0.124. The molecule has 2 amide bonds. The van der Waals surface area contributed by atoms with Crippen LogP contribution in [-0.2, 0) is 4.79 Å². The number of anilines is 1. The molecule has 1 aromatic rings. The molecule has 0 unspecified atom stereocenters. The van der Waals surface area contributed by atoms with Crippen LogP contribution < -0.4 is 15.0 Å². The number of hydrogen-bond donors (Lipinski definition) is 2. The summed E-state index contributed by atoms with van der Waals surface area (Å²) in [5.74, 6) is 0.569. The fraction of sp³-hybridized carbons (Fsp3) is 0.600. The molecule has 7 heteroatoms. The Morgan fingerprint density at radius 3 is 2.67 bits per heavy atom. The minimum absolute atomic E-state index is 0.0193. The minimum Gasteiger partial charge on any atom is -0.489 e. The molecule has 1 aromatic carbocycles. The van der Waals surface area contributed by atoms with Gasteiger partial charge in [-0.15, -0.1) is 0 Å². The summed E-state index contributed by atoms with van der Waals surface area (Å²) in [4.78, 5) is 28.4. The van der Waals surface area contributed by atoms with E-state index in [1.54, 1.807) is 26.2 Å². The molecule has 1 atom stereocenters. The number of aliphatic hydroxyl groups is 1. The van der Waals surface area contributed by atoms with Gasteiger partial charge in [-0.25, -0.2) is 0 Å². The maximum Gasteiger partial charge on any atom is 0.253 e. The molecule has 0 saturated heterocycles. The van der Waals surface area contributed by atoms with Gasteiger partial charge in [0, 0.05) is 26.7 Å². The zero-order valence-corrected chi connectivity index (χ0v) is 16.3. The number of ether oxygens (including phenoxy) is 1. The fourth-order valence-electron chi connectivity index (χ4n) is 3.93. The Morgan fingerprint density at radius 1 is 1.33 bits per heavy atom. The Balaban J connectivity index is 1.70. The van der Waals surface area contributed by atoms with Gasteiger partial charge in [-0.3, -0.25) is 9.59 Å². The van der Waals surface area contributed by atoms with E-state index in [-0.39, 0.29) is 30.9 Å². The molecule has 7 nitrogen and oxygen atoms in total. The van der Waals surface area contributed by atoms with Crippen molar-refractivity contribution in [3.63, 3.8) is 0 Å². The van der Waals surface area contributed by atoms with Crippen molar-refractivity contribution < 1.29 is 19.4 Å². The minimum atomic E-state index is -0.464. The summed E-state index contributed by atoms with van der Waals surface area (Å²) in [5.41, 5.74) is 0.933. The van der Waals surface area contributed by atoms with Crippen LogP contribution in [0.5, 0.6) is 5.75 Å². The highest BCUT2D eigenvalue weighted by atomic mass is 16.5. The lowest BCUT2D eigenvalue weighted by Gasteiger charge is -2.37. The van der Waals surface area contributed by atoms with Crippen LogP contribution in [0.25, 0.3) is 0 Å². The van der Waals surface area contributed by atoms with Crippen molar-refractivity contribution in [3.8, 4) is 5.75 Å². The predicted octanol–water partition coefficient (Wildman–Crippen LogP) is 1.40. The maximum absolute atomic E-state index is 12.6. The number of carbonyl (C=O) groups excluding carboxylic acids is 2. The highest BCUT2D eigenvalue weighted by Gasteiger charge is 2.36. The molecule has 1 fully saturated rings. The van der Waals surface area contributed by atoms with Crippen molar-refractivity contribution in [1.82, 2.24) is 10.2 Å². The summed E-state index contributed by atoms with van der Waals surface area (Å²) in [6, 6.07) is 5.25. The van der Waals surface area contributed by atoms with Crippen molar-refractivity contribution in [3.05, 3.63) is 23.8 Å². The van der Waals surface area contributed by atoms with E-state index in [1.807, 2.05) is 18.0 Å². The normalized spacial score (nSPS) is 20.6. The van der Waals surface area contributed by atoms with Crippen LogP contribution in [0.2, 0.25) is 0 Å². The SMILES string of the molecule is CN(C)C(=O)c1ccc2c(c1)N(C)[C@@H](CC(=O)NC1(CO)CCCC1)CO2. The number of likely N-dealkylation sites (N-methyl/N-ethyl adjacent to an activating group) is 1. The van der Waals surface area contributed by atoms with Gasteiger partial charge in [-0.1, -0.05) is 12.8 Å². The van der Waals surface area contributed by atoms with Crippen LogP contribution in [0.15, 0.2) is 18.2 Å². The van der Waals surface area contributed by atoms with E-state index in [9.17, 15) is 14.7 Å². The van der Waals surface area contributed by atoms with Gasteiger partial charge in [-0.2, -0.15) is 0 Å². The van der Waals surface area contributed by atoms with E-state index in [2.05, 4.69) is 5.32 Å². The summed E-state index contributed by atoms with van der Waals surface area (Å²) in [5, 5.41) is 12.7. The van der Waals surface area contributed by atoms with Crippen LogP contribution in [0.1, 0.15) is 42.5 Å². The third kappa shape index (κ3) is 4.03. The van der Waals surface area contributed by atoms with E-state index < -0.39 is 5.54 Å². The molecule has 2 aliphatic rings. The van der Waals surface area contributed by atoms with Crippen molar-refractivity contribution >= 4 is 17.5 Å². The Labute approximate surface area is 160 Å². The van der Waals surface area contributed by atoms with E-state index in [1.165, 1.54) is 4.90 Å². The lowest BCUT2D eigenvalue weighted by Crippen LogP contribution is -2.52. The standard InChI is InChI=1S/C20H29N3O4/c1-22(2)19(26)14-6-7-17-16(10-14)23(3)15(12-27-17)11-18(25)21-20(13-24)8-4-5-9-20/h6-7,10,15,24H,4-5,8-9,11-13H2,1-3H3,(H,21,25)/t15-/m0/s1. The molecule has 0 aromatic heterocycles. The number of fused-ring (bicyclic) bond motifs is 1. The Hall–Kier alpha value is -2.28. The molecule has 1 saturated carbocycles. The smallest absolute Gasteiger partial charge is 0.253 e. The zero-order valence-electron chi connectivity index (χ0n) is 16.3. The number of nitrogens with zero attached hydrogens (tertiary/aromatic N) is 2. The summed E-state index contributed by atoms with van der Waals surface area (Å²) in [6.07, 6.45) is 3.99. The summed E-state index contributed by atoms with van der Waals surface area (Å²) in [7, 11) is 5.35. The second-order valence-corrected chi connectivity index (χ2v) is 7.86. The Morgan fingerprint density at radius 2 is 2.04 bits per heavy atom. The lowest BCUT2D eigenvalue weighted by atomic mass is 9.98. The highest BCUT2D eigenvalue weighted by molar-refractivity contribution is 5.95. The largest absolute Gasteiger partial charge is 0.489 e. The predicted molar refractivity (Wildman–Crippen MR) is 103 cm³/mol. The average molecular weight is 375 g/mol. The highest BCUT2D eigenvalue weighted by Crippen LogP contribution is 2.35. The van der Waals surface area contributed by atoms with Gasteiger partial charge in [0.2, 0.25) is 5.91 Å². The second kappa shape index (κ2) is 7.76. The Kier molecular flexibility index (Phi) is 5.60. The molecular weight excluding hydrogens is 346 g/mol. The molecule has 1 aliphatic heterocycles. The Bertz CT molecular complexity index is 713. The molecule has 148 valence electrons. The molecular formula is C20H29N3O4. The van der Waals surface area contributed by atoms with Gasteiger partial charge in [0.05, 0.1) is 30.3 Å². The van der Waals surface area contributed by atoms with Gasteiger partial charge in [-0.05, 0) is 31.0 Å². The number of benzene rings is 1. The molecule has 1 heterocycles. The molecule has 0 spiro atoms. The number of hydrogen-bond acceptors (Lipinski definition) is 5. The van der Waals surface area contributed by atoms with Crippen molar-refractivity contribution in [2.24, 2.45) is 0 Å². The molecule has 1 aliphatic carbocycles. The van der Waals surface area contributed by atoms with E-state index >= 15 is 0 Å². The van der Waals surface area contributed by atoms with Crippen LogP contribution in [0.4, 0.5) is 5.69 Å². The van der Waals surface area contributed by atoms with Gasteiger partial charge >= 0.3 is 0 Å². The monoisotopic (exact) mass is 375 g/mol. The van der Waals surface area contributed by atoms with Gasteiger partial charge in [0.25, 0.3) is 5.91 Å². The van der Waals surface area contributed by atoms with Crippen LogP contribution in [0.3, 0.4) is 0 Å². The van der Waals surface area contributed by atoms with E-state index in [0.717, 1.165) is 31.4 Å². The first-order valence-corrected chi connectivity index (χ1v) is 9.48. The number of carbonyl (C=O) groups is 2. The first kappa shape index (κ1) is 19.5. The molecule has 27 heavy (non-hydrogen) atoms. The second-order valence-electron chi connectivity index (χ2n) is 7.86. The van der Waals surface area contributed by atoms with Gasteiger partial charge < -0.3 is 25.0 Å². The maximum atomic E-state index is 12.6. The number of amides is 2. The first-order valence-electron chi connectivity index (χ1n) is 9.48. The van der Waals surface area contributed by atoms with Crippen LogP contribution in [0, 0.1) is 0 Å². The van der Waals surface area contributed by atoms with Crippen molar-refractivity contribution in [1.29, 1.82) is 0 Å². The quantitative estimate of drug-likeness (QED) is 0.813. The fourth-order valence-corrected chi connectivity index (χ4v) is 3.93.